The molecule has 0 radical (unpaired) electrons. The number of hydrogen-bond acceptors (Lipinski definition) is 2. The van der Waals surface area contributed by atoms with Gasteiger partial charge in [-0.1, -0.05) is 12.8 Å². The van der Waals surface area contributed by atoms with Crippen molar-refractivity contribution in [1.29, 1.82) is 0 Å². The number of anilines is 1. The molecule has 3 heteroatoms. The molecule has 0 atom stereocenters. The number of hydrogen-bond donors (Lipinski definition) is 1. The van der Waals surface area contributed by atoms with Gasteiger partial charge in [-0.3, -0.25) is 4.68 Å². The van der Waals surface area contributed by atoms with Gasteiger partial charge in [-0.15, -0.1) is 0 Å². The van der Waals surface area contributed by atoms with Gasteiger partial charge in [-0.2, -0.15) is 5.10 Å². The highest BCUT2D eigenvalue weighted by Crippen LogP contribution is 2.28. The summed E-state index contributed by atoms with van der Waals surface area (Å²) < 4.78 is 2.00. The molecule has 2 N–H and O–H groups in total. The van der Waals surface area contributed by atoms with Gasteiger partial charge in [0, 0.05) is 6.20 Å². The molecule has 60 valence electrons. The van der Waals surface area contributed by atoms with Crippen molar-refractivity contribution < 1.29 is 0 Å². The molecule has 2 rings (SSSR count). The lowest BCUT2D eigenvalue weighted by Crippen LogP contribution is -2.05. The van der Waals surface area contributed by atoms with E-state index in [-0.39, 0.29) is 0 Å². The number of rotatable bonds is 1. The average Bonchev–Trinajstić information content (AvgIpc) is 2.55. The van der Waals surface area contributed by atoms with E-state index in [2.05, 4.69) is 5.10 Å². The Labute approximate surface area is 66.2 Å². The van der Waals surface area contributed by atoms with Crippen molar-refractivity contribution >= 4 is 5.82 Å². The highest BCUT2D eigenvalue weighted by atomic mass is 15.3. The van der Waals surface area contributed by atoms with Gasteiger partial charge >= 0.3 is 0 Å². The van der Waals surface area contributed by atoms with Gasteiger partial charge in [0.2, 0.25) is 0 Å². The van der Waals surface area contributed by atoms with E-state index in [4.69, 9.17) is 5.73 Å². The fraction of sp³-hybridized carbons (Fsp3) is 0.625. The quantitative estimate of drug-likeness (QED) is 0.662. The Balaban J connectivity index is 2.15. The minimum absolute atomic E-state index is 0.618. The molecule has 11 heavy (non-hydrogen) atoms. The number of nitrogen functional groups attached to an aromatic ring is 1. The molecule has 1 aromatic rings. The van der Waals surface area contributed by atoms with Crippen molar-refractivity contribution in [3.05, 3.63) is 12.3 Å². The normalized spacial score (nSPS) is 19.3. The van der Waals surface area contributed by atoms with Crippen molar-refractivity contribution in [3.8, 4) is 0 Å². The van der Waals surface area contributed by atoms with Crippen LogP contribution in [-0.2, 0) is 0 Å². The van der Waals surface area contributed by atoms with Crippen LogP contribution in [0.2, 0.25) is 0 Å². The zero-order chi connectivity index (χ0) is 7.68. The lowest BCUT2D eigenvalue weighted by molar-refractivity contribution is 0.468. The Bertz CT molecular complexity index is 235. The monoisotopic (exact) mass is 151 g/mol. The minimum Gasteiger partial charge on any atom is -0.382 e. The third kappa shape index (κ3) is 1.23. The van der Waals surface area contributed by atoms with Crippen molar-refractivity contribution in [1.82, 2.24) is 9.78 Å². The predicted octanol–water partition coefficient (Wildman–Crippen LogP) is 1.58. The second-order valence-corrected chi connectivity index (χ2v) is 3.16. The molecular weight excluding hydrogens is 138 g/mol. The van der Waals surface area contributed by atoms with Crippen molar-refractivity contribution in [2.75, 3.05) is 5.73 Å². The molecule has 0 aliphatic heterocycles. The summed E-state index contributed by atoms with van der Waals surface area (Å²) in [6.45, 7) is 0. The van der Waals surface area contributed by atoms with Gasteiger partial charge in [0.1, 0.15) is 5.82 Å². The van der Waals surface area contributed by atoms with Crippen LogP contribution >= 0.6 is 0 Å². The molecule has 0 saturated heterocycles. The van der Waals surface area contributed by atoms with E-state index in [0.717, 1.165) is 0 Å². The smallest absolute Gasteiger partial charge is 0.145 e. The maximum Gasteiger partial charge on any atom is 0.145 e. The van der Waals surface area contributed by atoms with Crippen molar-refractivity contribution in [3.63, 3.8) is 0 Å². The Kier molecular flexibility index (Phi) is 1.56. The Morgan fingerprint density at radius 2 is 2.18 bits per heavy atom. The third-order valence-corrected chi connectivity index (χ3v) is 2.33. The van der Waals surface area contributed by atoms with E-state index in [1.807, 2.05) is 16.9 Å². The van der Waals surface area contributed by atoms with E-state index in [1.165, 1.54) is 25.7 Å². The second kappa shape index (κ2) is 2.57. The van der Waals surface area contributed by atoms with E-state index in [1.54, 1.807) is 0 Å². The maximum atomic E-state index is 5.51. The van der Waals surface area contributed by atoms with Gasteiger partial charge in [0.05, 0.1) is 6.04 Å². The van der Waals surface area contributed by atoms with Crippen LogP contribution < -0.4 is 5.73 Å². The molecule has 0 bridgehead atoms. The fourth-order valence-electron chi connectivity index (χ4n) is 1.72. The van der Waals surface area contributed by atoms with Crippen LogP contribution in [0.3, 0.4) is 0 Å². The summed E-state index contributed by atoms with van der Waals surface area (Å²) in [7, 11) is 0. The first-order valence-corrected chi connectivity index (χ1v) is 4.17. The second-order valence-electron chi connectivity index (χ2n) is 3.16. The molecule has 0 amide bonds. The maximum absolute atomic E-state index is 5.51. The summed E-state index contributed by atoms with van der Waals surface area (Å²) in [5.74, 6) is 0.636. The number of nitrogens with two attached hydrogens (primary N) is 1. The van der Waals surface area contributed by atoms with Crippen LogP contribution in [0, 0.1) is 0 Å². The summed E-state index contributed by atoms with van der Waals surface area (Å²) in [6.07, 6.45) is 7.18. The first-order valence-electron chi connectivity index (χ1n) is 4.17. The van der Waals surface area contributed by atoms with Gasteiger partial charge in [0.25, 0.3) is 0 Å². The molecule has 1 fully saturated rings. The first-order chi connectivity index (χ1) is 5.36. The summed E-state index contributed by atoms with van der Waals surface area (Å²) in [6, 6.07) is 2.48. The molecule has 0 aromatic carbocycles. The molecule has 3 nitrogen and oxygen atoms in total. The van der Waals surface area contributed by atoms with Crippen LogP contribution in [0.4, 0.5) is 5.82 Å². The van der Waals surface area contributed by atoms with Crippen LogP contribution in [0.25, 0.3) is 0 Å². The molecule has 0 unspecified atom stereocenters. The van der Waals surface area contributed by atoms with Gasteiger partial charge < -0.3 is 5.73 Å². The fourth-order valence-corrected chi connectivity index (χ4v) is 1.72. The Hall–Kier alpha value is -0.990. The van der Waals surface area contributed by atoms with Gasteiger partial charge in [-0.05, 0) is 18.9 Å². The zero-order valence-electron chi connectivity index (χ0n) is 6.53. The molecule has 0 spiro atoms. The highest BCUT2D eigenvalue weighted by molar-refractivity contribution is 5.24. The average molecular weight is 151 g/mol. The van der Waals surface area contributed by atoms with Gasteiger partial charge in [-0.25, -0.2) is 0 Å². The van der Waals surface area contributed by atoms with E-state index >= 15 is 0 Å². The van der Waals surface area contributed by atoms with Gasteiger partial charge in [0.15, 0.2) is 0 Å². The zero-order valence-corrected chi connectivity index (χ0v) is 6.53. The number of nitrogens with zero attached hydrogens (tertiary/aromatic N) is 2. The first kappa shape index (κ1) is 6.70. The van der Waals surface area contributed by atoms with Crippen LogP contribution in [0.15, 0.2) is 12.3 Å². The van der Waals surface area contributed by atoms with Crippen LogP contribution in [-0.4, -0.2) is 9.78 Å². The summed E-state index contributed by atoms with van der Waals surface area (Å²) in [5, 5.41) is 4.19. The number of aromatic nitrogens is 2. The van der Waals surface area contributed by atoms with E-state index in [9.17, 15) is 0 Å². The SMILES string of the molecule is Nc1ccn(C2CCCC2)n1. The largest absolute Gasteiger partial charge is 0.382 e. The molecule has 1 aliphatic carbocycles. The molecule has 1 heterocycles. The lowest BCUT2D eigenvalue weighted by atomic mass is 10.3. The minimum atomic E-state index is 0.618. The summed E-state index contributed by atoms with van der Waals surface area (Å²) in [5.41, 5.74) is 5.51. The standard InChI is InChI=1S/C8H13N3/c9-8-5-6-11(10-8)7-3-1-2-4-7/h5-7H,1-4H2,(H2,9,10). The van der Waals surface area contributed by atoms with Crippen molar-refractivity contribution in [2.24, 2.45) is 0 Å². The van der Waals surface area contributed by atoms with E-state index in [0.29, 0.717) is 11.9 Å². The highest BCUT2D eigenvalue weighted by Gasteiger charge is 2.16. The summed E-state index contributed by atoms with van der Waals surface area (Å²) in [4.78, 5) is 0. The molecule has 1 aliphatic rings. The lowest BCUT2D eigenvalue weighted by Gasteiger charge is -2.07. The van der Waals surface area contributed by atoms with Crippen LogP contribution in [0.1, 0.15) is 31.7 Å². The summed E-state index contributed by atoms with van der Waals surface area (Å²) >= 11 is 0. The van der Waals surface area contributed by atoms with E-state index < -0.39 is 0 Å². The molecule has 1 aromatic heterocycles. The Morgan fingerprint density at radius 1 is 1.45 bits per heavy atom. The Morgan fingerprint density at radius 3 is 2.73 bits per heavy atom. The predicted molar refractivity (Wildman–Crippen MR) is 44.1 cm³/mol. The van der Waals surface area contributed by atoms with Crippen LogP contribution in [0.5, 0.6) is 0 Å². The van der Waals surface area contributed by atoms with Crippen molar-refractivity contribution in [2.45, 2.75) is 31.7 Å². The molecule has 1 saturated carbocycles. The molecular formula is C8H13N3. The topological polar surface area (TPSA) is 43.8 Å². The third-order valence-electron chi connectivity index (χ3n) is 2.33.